The van der Waals surface area contributed by atoms with Crippen molar-refractivity contribution < 1.29 is 18.0 Å². The zero-order valence-corrected chi connectivity index (χ0v) is 22.7. The van der Waals surface area contributed by atoms with Crippen LogP contribution in [-0.4, -0.2) is 50.0 Å². The molecule has 9 heteroatoms. The fourth-order valence-electron chi connectivity index (χ4n) is 3.69. The van der Waals surface area contributed by atoms with Crippen molar-refractivity contribution in [2.75, 3.05) is 17.1 Å². The molecule has 0 radical (unpaired) electrons. The van der Waals surface area contributed by atoms with Crippen molar-refractivity contribution in [2.45, 2.75) is 65.6 Å². The standard InChI is InChI=1S/C26H36ClN3O4S/c1-6-20(3)28-26(32)21(4)29(18-22-11-7-10-19(2)16-22)25(31)14-9-15-30(35(5,33)34)24-13-8-12-23(27)17-24/h7-8,10-13,16-17,20-21H,6,9,14-15,18H2,1-5H3,(H,28,32)/t20-,21-/m1/s1. The third-order valence-electron chi connectivity index (χ3n) is 5.85. The number of nitrogens with one attached hydrogen (secondary N) is 1. The summed E-state index contributed by atoms with van der Waals surface area (Å²) in [6, 6.07) is 13.7. The maximum Gasteiger partial charge on any atom is 0.242 e. The van der Waals surface area contributed by atoms with Crippen LogP contribution in [0, 0.1) is 6.92 Å². The number of carbonyl (C=O) groups is 2. The normalized spacial score (nSPS) is 13.1. The number of halogens is 1. The summed E-state index contributed by atoms with van der Waals surface area (Å²) in [7, 11) is -3.57. The van der Waals surface area contributed by atoms with Crippen molar-refractivity contribution in [1.82, 2.24) is 10.2 Å². The molecule has 2 amide bonds. The Kier molecular flexibility index (Phi) is 10.6. The van der Waals surface area contributed by atoms with E-state index in [0.29, 0.717) is 23.7 Å². The molecule has 2 atom stereocenters. The first kappa shape index (κ1) is 28.7. The number of benzene rings is 2. The summed E-state index contributed by atoms with van der Waals surface area (Å²) in [5.74, 6) is -0.421. The number of hydrogen-bond acceptors (Lipinski definition) is 4. The summed E-state index contributed by atoms with van der Waals surface area (Å²) in [6.07, 6.45) is 2.30. The molecule has 0 fully saturated rings. The van der Waals surface area contributed by atoms with E-state index >= 15 is 0 Å². The molecular formula is C26H36ClN3O4S. The lowest BCUT2D eigenvalue weighted by molar-refractivity contribution is -0.140. The molecule has 0 saturated heterocycles. The molecule has 0 bridgehead atoms. The van der Waals surface area contributed by atoms with Crippen LogP contribution in [0.5, 0.6) is 0 Å². The van der Waals surface area contributed by atoms with Gasteiger partial charge >= 0.3 is 0 Å². The molecule has 0 aliphatic rings. The van der Waals surface area contributed by atoms with Gasteiger partial charge in [-0.05, 0) is 57.4 Å². The summed E-state index contributed by atoms with van der Waals surface area (Å²) in [5, 5.41) is 3.38. The van der Waals surface area contributed by atoms with Gasteiger partial charge in [-0.25, -0.2) is 8.42 Å². The lowest BCUT2D eigenvalue weighted by atomic mass is 10.1. The fourth-order valence-corrected chi connectivity index (χ4v) is 4.83. The Balaban J connectivity index is 2.17. The topological polar surface area (TPSA) is 86.8 Å². The van der Waals surface area contributed by atoms with Gasteiger partial charge in [-0.2, -0.15) is 0 Å². The molecule has 0 heterocycles. The highest BCUT2D eigenvalue weighted by molar-refractivity contribution is 7.92. The van der Waals surface area contributed by atoms with Crippen LogP contribution in [-0.2, 0) is 26.2 Å². The third kappa shape index (κ3) is 8.85. The average molecular weight is 522 g/mol. The van der Waals surface area contributed by atoms with Crippen molar-refractivity contribution >= 4 is 39.1 Å². The van der Waals surface area contributed by atoms with E-state index in [2.05, 4.69) is 5.32 Å². The Morgan fingerprint density at radius 3 is 2.37 bits per heavy atom. The Morgan fingerprint density at radius 2 is 1.77 bits per heavy atom. The van der Waals surface area contributed by atoms with Gasteiger partial charge in [0.15, 0.2) is 0 Å². The summed E-state index contributed by atoms with van der Waals surface area (Å²) in [6.45, 7) is 8.02. The molecule has 0 saturated carbocycles. The van der Waals surface area contributed by atoms with Gasteiger partial charge in [0.25, 0.3) is 0 Å². The van der Waals surface area contributed by atoms with E-state index in [9.17, 15) is 18.0 Å². The zero-order valence-electron chi connectivity index (χ0n) is 21.1. The first-order valence-electron chi connectivity index (χ1n) is 11.8. The highest BCUT2D eigenvalue weighted by atomic mass is 35.5. The highest BCUT2D eigenvalue weighted by Crippen LogP contribution is 2.22. The van der Waals surface area contributed by atoms with Crippen LogP contribution in [0.4, 0.5) is 5.69 Å². The van der Waals surface area contributed by atoms with E-state index in [1.165, 1.54) is 4.31 Å². The molecule has 0 unspecified atom stereocenters. The predicted octanol–water partition coefficient (Wildman–Crippen LogP) is 4.53. The van der Waals surface area contributed by atoms with Gasteiger partial charge < -0.3 is 10.2 Å². The first-order valence-corrected chi connectivity index (χ1v) is 14.0. The Labute approximate surface area is 214 Å². The summed E-state index contributed by atoms with van der Waals surface area (Å²) in [5.41, 5.74) is 2.44. The van der Waals surface area contributed by atoms with Crippen LogP contribution in [0.1, 0.15) is 51.2 Å². The molecule has 7 nitrogen and oxygen atoms in total. The van der Waals surface area contributed by atoms with Gasteiger partial charge in [-0.15, -0.1) is 0 Å². The largest absolute Gasteiger partial charge is 0.352 e. The van der Waals surface area contributed by atoms with E-state index in [4.69, 9.17) is 11.6 Å². The fraction of sp³-hybridized carbons (Fsp3) is 0.462. The van der Waals surface area contributed by atoms with Gasteiger partial charge in [0.1, 0.15) is 6.04 Å². The minimum absolute atomic E-state index is 0.00175. The SMILES string of the molecule is CC[C@@H](C)NC(=O)[C@@H](C)N(Cc1cccc(C)c1)C(=O)CCCN(c1cccc(Cl)c1)S(C)(=O)=O. The molecule has 0 aliphatic heterocycles. The smallest absolute Gasteiger partial charge is 0.242 e. The van der Waals surface area contributed by atoms with Crippen molar-refractivity contribution in [3.63, 3.8) is 0 Å². The molecule has 0 aromatic heterocycles. The monoisotopic (exact) mass is 521 g/mol. The number of rotatable bonds is 12. The van der Waals surface area contributed by atoms with Gasteiger partial charge in [0.2, 0.25) is 21.8 Å². The van der Waals surface area contributed by atoms with Crippen LogP contribution in [0.25, 0.3) is 0 Å². The number of nitrogens with zero attached hydrogens (tertiary/aromatic N) is 2. The number of amides is 2. The van der Waals surface area contributed by atoms with E-state index < -0.39 is 16.1 Å². The lowest BCUT2D eigenvalue weighted by Gasteiger charge is -2.30. The van der Waals surface area contributed by atoms with Crippen molar-refractivity contribution in [3.05, 3.63) is 64.7 Å². The first-order chi connectivity index (χ1) is 16.4. The number of sulfonamides is 1. The van der Waals surface area contributed by atoms with Gasteiger partial charge in [0, 0.05) is 30.6 Å². The molecule has 2 aromatic rings. The molecular weight excluding hydrogens is 486 g/mol. The van der Waals surface area contributed by atoms with Crippen LogP contribution >= 0.6 is 11.6 Å². The van der Waals surface area contributed by atoms with Crippen molar-refractivity contribution in [1.29, 1.82) is 0 Å². The minimum Gasteiger partial charge on any atom is -0.352 e. The molecule has 35 heavy (non-hydrogen) atoms. The second kappa shape index (κ2) is 12.9. The zero-order chi connectivity index (χ0) is 26.2. The minimum atomic E-state index is -3.57. The summed E-state index contributed by atoms with van der Waals surface area (Å²) < 4.78 is 26.0. The van der Waals surface area contributed by atoms with Crippen LogP contribution in [0.15, 0.2) is 48.5 Å². The molecule has 0 spiro atoms. The average Bonchev–Trinajstić information content (AvgIpc) is 2.78. The summed E-state index contributed by atoms with van der Waals surface area (Å²) in [4.78, 5) is 27.7. The van der Waals surface area contributed by atoms with Crippen LogP contribution < -0.4 is 9.62 Å². The van der Waals surface area contributed by atoms with Crippen LogP contribution in [0.3, 0.4) is 0 Å². The third-order valence-corrected chi connectivity index (χ3v) is 7.28. The number of carbonyl (C=O) groups excluding carboxylic acids is 2. The van der Waals surface area contributed by atoms with E-state index in [0.717, 1.165) is 23.8 Å². The number of hydrogen-bond donors (Lipinski definition) is 1. The number of aryl methyl sites for hydroxylation is 1. The van der Waals surface area contributed by atoms with Crippen LogP contribution in [0.2, 0.25) is 5.02 Å². The maximum atomic E-state index is 13.3. The van der Waals surface area contributed by atoms with Gasteiger partial charge in [-0.3, -0.25) is 13.9 Å². The Morgan fingerprint density at radius 1 is 1.09 bits per heavy atom. The van der Waals surface area contributed by atoms with Gasteiger partial charge in [-0.1, -0.05) is 54.4 Å². The van der Waals surface area contributed by atoms with E-state index in [1.807, 2.05) is 45.0 Å². The maximum absolute atomic E-state index is 13.3. The van der Waals surface area contributed by atoms with Gasteiger partial charge in [0.05, 0.1) is 11.9 Å². The van der Waals surface area contributed by atoms with E-state index in [1.54, 1.807) is 36.1 Å². The molecule has 192 valence electrons. The highest BCUT2D eigenvalue weighted by Gasteiger charge is 2.27. The quantitative estimate of drug-likeness (QED) is 0.444. The second-order valence-corrected chi connectivity index (χ2v) is 11.3. The Hall–Kier alpha value is -2.58. The molecule has 2 aromatic carbocycles. The second-order valence-electron chi connectivity index (χ2n) is 8.92. The predicted molar refractivity (Wildman–Crippen MR) is 142 cm³/mol. The lowest BCUT2D eigenvalue weighted by Crippen LogP contribution is -2.49. The molecule has 0 aliphatic carbocycles. The molecule has 1 N–H and O–H groups in total. The van der Waals surface area contributed by atoms with E-state index in [-0.39, 0.29) is 30.8 Å². The molecule has 2 rings (SSSR count). The van der Waals surface area contributed by atoms with Crippen molar-refractivity contribution in [3.8, 4) is 0 Å². The Bertz CT molecular complexity index is 1120. The summed E-state index contributed by atoms with van der Waals surface area (Å²) >= 11 is 6.04. The number of anilines is 1. The van der Waals surface area contributed by atoms with Crippen molar-refractivity contribution in [2.24, 2.45) is 0 Å².